The Morgan fingerprint density at radius 2 is 2.38 bits per heavy atom. The third-order valence-electron chi connectivity index (χ3n) is 1.26. The molecule has 46 valence electrons. The molecule has 0 fully saturated rings. The van der Waals surface area contributed by atoms with Crippen molar-refractivity contribution in [2.24, 2.45) is 0 Å². The molecule has 1 rings (SSSR count). The first kappa shape index (κ1) is 6.14. The van der Waals surface area contributed by atoms with Crippen molar-refractivity contribution in [1.29, 1.82) is 0 Å². The highest BCUT2D eigenvalue weighted by Gasteiger charge is 2.05. The molecule has 0 saturated heterocycles. The minimum Gasteiger partial charge on any atom is -0.487 e. The Labute approximate surface area is 57.8 Å². The molecule has 1 heterocycles. The highest BCUT2D eigenvalue weighted by atomic mass is 79.9. The van der Waals surface area contributed by atoms with Crippen LogP contribution in [-0.4, -0.2) is 6.61 Å². The lowest BCUT2D eigenvalue weighted by atomic mass is 10.2. The highest BCUT2D eigenvalue weighted by Crippen LogP contribution is 2.22. The summed E-state index contributed by atoms with van der Waals surface area (Å²) < 4.78 is 6.13. The molecular weight excluding hydrogens is 168 g/mol. The Kier molecular flexibility index (Phi) is 1.95. The number of allylic oxidation sites excluding steroid dienone is 1. The molecule has 0 aromatic carbocycles. The molecule has 0 radical (unpaired) electrons. The van der Waals surface area contributed by atoms with Crippen molar-refractivity contribution in [2.45, 2.75) is 19.8 Å². The van der Waals surface area contributed by atoms with Gasteiger partial charge in [0, 0.05) is 0 Å². The van der Waals surface area contributed by atoms with Crippen LogP contribution >= 0.6 is 15.9 Å². The topological polar surface area (TPSA) is 9.23 Å². The number of ether oxygens (including phenoxy) is 1. The maximum atomic E-state index is 5.19. The molecule has 0 saturated carbocycles. The van der Waals surface area contributed by atoms with Crippen molar-refractivity contribution in [3.8, 4) is 0 Å². The quantitative estimate of drug-likeness (QED) is 0.552. The zero-order valence-corrected chi connectivity index (χ0v) is 6.49. The van der Waals surface area contributed by atoms with E-state index < -0.39 is 0 Å². The highest BCUT2D eigenvalue weighted by molar-refractivity contribution is 9.11. The van der Waals surface area contributed by atoms with E-state index in [-0.39, 0.29) is 0 Å². The maximum absolute atomic E-state index is 5.19. The minimum absolute atomic E-state index is 0.873. The lowest BCUT2D eigenvalue weighted by Gasteiger charge is -2.13. The van der Waals surface area contributed by atoms with Crippen molar-refractivity contribution >= 4 is 15.9 Å². The van der Waals surface area contributed by atoms with E-state index in [2.05, 4.69) is 22.9 Å². The van der Waals surface area contributed by atoms with Gasteiger partial charge in [0.05, 0.1) is 6.61 Å². The van der Waals surface area contributed by atoms with Crippen LogP contribution in [0.2, 0.25) is 0 Å². The maximum Gasteiger partial charge on any atom is 0.161 e. The van der Waals surface area contributed by atoms with Gasteiger partial charge in [0.2, 0.25) is 0 Å². The Hall–Kier alpha value is 0.0200. The van der Waals surface area contributed by atoms with E-state index in [9.17, 15) is 0 Å². The zero-order chi connectivity index (χ0) is 5.98. The average molecular weight is 177 g/mol. The van der Waals surface area contributed by atoms with E-state index in [4.69, 9.17) is 4.74 Å². The summed E-state index contributed by atoms with van der Waals surface area (Å²) >= 11 is 3.31. The summed E-state index contributed by atoms with van der Waals surface area (Å²) in [5.41, 5.74) is 1.33. The summed E-state index contributed by atoms with van der Waals surface area (Å²) in [6.07, 6.45) is 2.35. The summed E-state index contributed by atoms with van der Waals surface area (Å²) in [5, 5.41) is 0. The van der Waals surface area contributed by atoms with Gasteiger partial charge >= 0.3 is 0 Å². The third kappa shape index (κ3) is 1.25. The predicted molar refractivity (Wildman–Crippen MR) is 36.8 cm³/mol. The molecule has 2 heteroatoms. The Balaban J connectivity index is 2.60. The fraction of sp³-hybridized carbons (Fsp3) is 0.667. The summed E-state index contributed by atoms with van der Waals surface area (Å²) in [5.74, 6) is 0. The zero-order valence-electron chi connectivity index (χ0n) is 4.91. The van der Waals surface area contributed by atoms with Gasteiger partial charge in [-0.05, 0) is 41.3 Å². The van der Waals surface area contributed by atoms with Crippen LogP contribution in [0, 0.1) is 0 Å². The standard InChI is InChI=1S/C6H9BrO/c1-5-3-2-4-8-6(5)7/h2-4H2,1H3. The van der Waals surface area contributed by atoms with E-state index in [1.54, 1.807) is 0 Å². The van der Waals surface area contributed by atoms with Gasteiger partial charge < -0.3 is 4.74 Å². The van der Waals surface area contributed by atoms with Crippen LogP contribution in [-0.2, 0) is 4.74 Å². The van der Waals surface area contributed by atoms with Gasteiger partial charge in [-0.3, -0.25) is 0 Å². The van der Waals surface area contributed by atoms with Gasteiger partial charge in [0.15, 0.2) is 4.67 Å². The van der Waals surface area contributed by atoms with Crippen LogP contribution in [0.1, 0.15) is 19.8 Å². The Morgan fingerprint density at radius 3 is 2.75 bits per heavy atom. The summed E-state index contributed by atoms with van der Waals surface area (Å²) in [6.45, 7) is 2.96. The first-order chi connectivity index (χ1) is 3.80. The molecular formula is C6H9BrO. The molecule has 0 unspecified atom stereocenters. The van der Waals surface area contributed by atoms with Gasteiger partial charge in [0.25, 0.3) is 0 Å². The second-order valence-electron chi connectivity index (χ2n) is 2.01. The van der Waals surface area contributed by atoms with Gasteiger partial charge in [-0.2, -0.15) is 0 Å². The van der Waals surface area contributed by atoms with E-state index >= 15 is 0 Å². The van der Waals surface area contributed by atoms with Crippen LogP contribution in [0.15, 0.2) is 10.2 Å². The molecule has 1 aliphatic heterocycles. The average Bonchev–Trinajstić information content (AvgIpc) is 1.77. The van der Waals surface area contributed by atoms with E-state index in [1.165, 1.54) is 18.4 Å². The number of hydrogen-bond acceptors (Lipinski definition) is 1. The molecule has 0 N–H and O–H groups in total. The number of halogens is 1. The Morgan fingerprint density at radius 1 is 1.62 bits per heavy atom. The van der Waals surface area contributed by atoms with Crippen molar-refractivity contribution in [1.82, 2.24) is 0 Å². The van der Waals surface area contributed by atoms with Crippen LogP contribution in [0.4, 0.5) is 0 Å². The van der Waals surface area contributed by atoms with Crippen molar-refractivity contribution in [3.05, 3.63) is 10.2 Å². The molecule has 1 aliphatic rings. The second-order valence-corrected chi connectivity index (χ2v) is 2.73. The molecule has 0 aromatic heterocycles. The van der Waals surface area contributed by atoms with Gasteiger partial charge in [-0.15, -0.1) is 0 Å². The molecule has 0 amide bonds. The molecule has 8 heavy (non-hydrogen) atoms. The molecule has 0 aromatic rings. The predicted octanol–water partition coefficient (Wildman–Crippen LogP) is 2.42. The van der Waals surface area contributed by atoms with Crippen LogP contribution < -0.4 is 0 Å². The molecule has 0 spiro atoms. The number of rotatable bonds is 0. The van der Waals surface area contributed by atoms with E-state index in [0.29, 0.717) is 0 Å². The molecule has 0 atom stereocenters. The summed E-state index contributed by atoms with van der Waals surface area (Å²) in [4.78, 5) is 0. The second kappa shape index (κ2) is 2.53. The summed E-state index contributed by atoms with van der Waals surface area (Å²) in [7, 11) is 0. The lowest BCUT2D eigenvalue weighted by Crippen LogP contribution is -1.99. The van der Waals surface area contributed by atoms with E-state index in [0.717, 1.165) is 11.3 Å². The monoisotopic (exact) mass is 176 g/mol. The fourth-order valence-corrected chi connectivity index (χ4v) is 1.08. The molecule has 0 aliphatic carbocycles. The summed E-state index contributed by atoms with van der Waals surface area (Å²) in [6, 6.07) is 0. The van der Waals surface area contributed by atoms with Gasteiger partial charge in [-0.25, -0.2) is 0 Å². The first-order valence-electron chi connectivity index (χ1n) is 2.79. The van der Waals surface area contributed by atoms with Crippen LogP contribution in [0.5, 0.6) is 0 Å². The normalized spacial score (nSPS) is 20.8. The van der Waals surface area contributed by atoms with Crippen molar-refractivity contribution in [2.75, 3.05) is 6.61 Å². The van der Waals surface area contributed by atoms with Crippen LogP contribution in [0.3, 0.4) is 0 Å². The fourth-order valence-electron chi connectivity index (χ4n) is 0.721. The van der Waals surface area contributed by atoms with Crippen LogP contribution in [0.25, 0.3) is 0 Å². The minimum atomic E-state index is 0.873. The third-order valence-corrected chi connectivity index (χ3v) is 2.17. The SMILES string of the molecule is CC1=C(Br)OCCC1. The smallest absolute Gasteiger partial charge is 0.161 e. The Bertz CT molecular complexity index is 104. The van der Waals surface area contributed by atoms with E-state index in [1.807, 2.05) is 0 Å². The van der Waals surface area contributed by atoms with Gasteiger partial charge in [-0.1, -0.05) is 0 Å². The number of hydrogen-bond donors (Lipinski definition) is 0. The molecule has 1 nitrogen and oxygen atoms in total. The van der Waals surface area contributed by atoms with Crippen molar-refractivity contribution in [3.63, 3.8) is 0 Å². The largest absolute Gasteiger partial charge is 0.487 e. The van der Waals surface area contributed by atoms with Gasteiger partial charge in [0.1, 0.15) is 0 Å². The first-order valence-corrected chi connectivity index (χ1v) is 3.58. The molecule has 0 bridgehead atoms. The van der Waals surface area contributed by atoms with Crippen molar-refractivity contribution < 1.29 is 4.74 Å². The lowest BCUT2D eigenvalue weighted by molar-refractivity contribution is 0.216.